The van der Waals surface area contributed by atoms with Crippen LogP contribution in [0.4, 0.5) is 37.7 Å². The van der Waals surface area contributed by atoms with Crippen molar-refractivity contribution < 1.29 is 45.3 Å². The van der Waals surface area contributed by atoms with Crippen LogP contribution in [0.5, 0.6) is 23.0 Å². The van der Waals surface area contributed by atoms with Crippen LogP contribution in [0.3, 0.4) is 0 Å². The topological polar surface area (TPSA) is 96.8 Å². The molecule has 6 nitrogen and oxygen atoms in total. The first-order valence-corrected chi connectivity index (χ1v) is 13.6. The lowest BCUT2D eigenvalue weighted by Gasteiger charge is -2.30. The minimum absolute atomic E-state index is 0.0690. The number of esters is 1. The van der Waals surface area contributed by atoms with Crippen LogP contribution in [0.15, 0.2) is 109 Å². The summed E-state index contributed by atoms with van der Waals surface area (Å²) in [6, 6.07) is 24.9. The lowest BCUT2D eigenvalue weighted by molar-refractivity contribution is -0.139. The summed E-state index contributed by atoms with van der Waals surface area (Å²) in [5.41, 5.74) is 8.97. The van der Waals surface area contributed by atoms with Crippen LogP contribution in [0, 0.1) is 0 Å². The molecule has 0 aromatic heterocycles. The zero-order valence-electron chi connectivity index (χ0n) is 23.4. The monoisotopic (exact) mass is 636 g/mol. The molecule has 0 aliphatic carbocycles. The molecule has 0 bridgehead atoms. The van der Waals surface area contributed by atoms with Crippen molar-refractivity contribution in [1.82, 2.24) is 0 Å². The minimum Gasteiger partial charge on any atom is -0.457 e. The molecule has 5 aromatic rings. The van der Waals surface area contributed by atoms with Crippen LogP contribution in [0.25, 0.3) is 0 Å². The zero-order valence-corrected chi connectivity index (χ0v) is 23.4. The van der Waals surface area contributed by atoms with Gasteiger partial charge in [0.05, 0.1) is 5.56 Å². The van der Waals surface area contributed by atoms with Crippen molar-refractivity contribution in [3.8, 4) is 23.0 Å². The first kappa shape index (κ1) is 30.4. The van der Waals surface area contributed by atoms with Crippen molar-refractivity contribution in [3.63, 3.8) is 0 Å². The van der Waals surface area contributed by atoms with E-state index in [-0.39, 0.29) is 28.4 Å². The first-order chi connectivity index (χ1) is 21.8. The molecule has 0 amide bonds. The Bertz CT molecular complexity index is 1830. The molecule has 0 saturated carbocycles. The van der Waals surface area contributed by atoms with Crippen LogP contribution in [0.2, 0.25) is 0 Å². The molecule has 0 fully saturated rings. The van der Waals surface area contributed by atoms with Crippen molar-refractivity contribution in [1.29, 1.82) is 0 Å². The highest BCUT2D eigenvalue weighted by Crippen LogP contribution is 2.48. The lowest BCUT2D eigenvalue weighted by Crippen LogP contribution is -2.29. The van der Waals surface area contributed by atoms with Gasteiger partial charge in [-0.2, -0.15) is 26.3 Å². The molecule has 0 unspecified atom stereocenters. The Morgan fingerprint density at radius 1 is 0.587 bits per heavy atom. The zero-order chi connectivity index (χ0) is 32.9. The highest BCUT2D eigenvalue weighted by molar-refractivity contribution is 5.96. The van der Waals surface area contributed by atoms with Crippen LogP contribution in [0.1, 0.15) is 38.2 Å². The Hall–Kier alpha value is -5.65. The Morgan fingerprint density at radius 2 is 1.02 bits per heavy atom. The van der Waals surface area contributed by atoms with Gasteiger partial charge in [-0.25, -0.2) is 4.79 Å². The second-order valence-electron chi connectivity index (χ2n) is 10.4. The van der Waals surface area contributed by atoms with Gasteiger partial charge >= 0.3 is 18.3 Å². The number of hydrogen-bond acceptors (Lipinski definition) is 6. The summed E-state index contributed by atoms with van der Waals surface area (Å²) < 4.78 is 98.8. The van der Waals surface area contributed by atoms with Gasteiger partial charge in [-0.1, -0.05) is 42.5 Å². The summed E-state index contributed by atoms with van der Waals surface area (Å²) >= 11 is 0. The predicted molar refractivity (Wildman–Crippen MR) is 156 cm³/mol. The fourth-order valence-electron chi connectivity index (χ4n) is 5.30. The van der Waals surface area contributed by atoms with E-state index in [4.69, 9.17) is 25.7 Å². The maximum atomic E-state index is 13.6. The summed E-state index contributed by atoms with van der Waals surface area (Å²) in [5, 5.41) is 0. The lowest BCUT2D eigenvalue weighted by atomic mass is 9.80. The number of carbonyl (C=O) groups excluding carboxylic acids is 1. The van der Waals surface area contributed by atoms with E-state index in [0.717, 1.165) is 24.3 Å². The summed E-state index contributed by atoms with van der Waals surface area (Å²) in [5.74, 6) is -1.39. The van der Waals surface area contributed by atoms with Gasteiger partial charge in [-0.3, -0.25) is 0 Å². The molecule has 1 aliphatic heterocycles. The molecule has 46 heavy (non-hydrogen) atoms. The third kappa shape index (κ3) is 5.53. The molecule has 12 heteroatoms. The van der Waals surface area contributed by atoms with Crippen LogP contribution < -0.4 is 20.9 Å². The van der Waals surface area contributed by atoms with E-state index in [1.807, 2.05) is 0 Å². The van der Waals surface area contributed by atoms with E-state index < -0.39 is 46.5 Å². The number of hydrogen-bond donors (Lipinski definition) is 2. The van der Waals surface area contributed by atoms with Gasteiger partial charge < -0.3 is 25.7 Å². The molecular formula is C34H22F6N2O4. The molecule has 1 heterocycles. The number of cyclic esters (lactones) is 1. The average molecular weight is 637 g/mol. The van der Waals surface area contributed by atoms with Gasteiger partial charge in [0.15, 0.2) is 5.60 Å². The van der Waals surface area contributed by atoms with Crippen molar-refractivity contribution in [2.75, 3.05) is 11.5 Å². The van der Waals surface area contributed by atoms with Crippen LogP contribution in [-0.2, 0) is 22.7 Å². The number of anilines is 2. The van der Waals surface area contributed by atoms with Crippen molar-refractivity contribution in [2.24, 2.45) is 0 Å². The molecule has 5 aromatic carbocycles. The van der Waals surface area contributed by atoms with E-state index >= 15 is 0 Å². The van der Waals surface area contributed by atoms with Crippen molar-refractivity contribution >= 4 is 17.3 Å². The fraction of sp³-hybridized carbons (Fsp3) is 0.0882. The molecular weight excluding hydrogens is 614 g/mol. The smallest absolute Gasteiger partial charge is 0.420 e. The van der Waals surface area contributed by atoms with E-state index in [1.54, 1.807) is 48.5 Å². The number of carbonyl (C=O) groups is 1. The molecule has 6 rings (SSSR count). The fourth-order valence-corrected chi connectivity index (χ4v) is 5.30. The molecule has 0 spiro atoms. The SMILES string of the molecule is Nc1ccc(Oc2ccc(C3(c4ccc(Oc5ccc(N)cc5C(F)(F)F)cc4)OC(=O)c4ccccc43)cc2)c(C(F)(F)F)c1. The maximum Gasteiger partial charge on any atom is 0.420 e. The molecule has 0 atom stereocenters. The third-order valence-corrected chi connectivity index (χ3v) is 7.37. The van der Waals surface area contributed by atoms with E-state index in [1.165, 1.54) is 36.4 Å². The quantitative estimate of drug-likeness (QED) is 0.110. The molecule has 1 aliphatic rings. The Balaban J connectivity index is 1.37. The maximum absolute atomic E-state index is 13.6. The Labute approximate surface area is 257 Å². The van der Waals surface area contributed by atoms with Crippen LogP contribution in [-0.4, -0.2) is 5.97 Å². The predicted octanol–water partition coefficient (Wildman–Crippen LogP) is 8.94. The number of halogens is 6. The number of fused-ring (bicyclic) bond motifs is 1. The third-order valence-electron chi connectivity index (χ3n) is 7.37. The molecule has 234 valence electrons. The normalized spacial score (nSPS) is 14.0. The molecule has 0 radical (unpaired) electrons. The van der Waals surface area contributed by atoms with Gasteiger partial charge in [-0.05, 0) is 66.7 Å². The average Bonchev–Trinajstić information content (AvgIpc) is 3.32. The van der Waals surface area contributed by atoms with Gasteiger partial charge in [0.2, 0.25) is 0 Å². The standard InChI is InChI=1S/C34H22F6N2O4/c35-33(36,37)27-17-21(41)9-15-29(27)44-23-11-5-19(6-12-23)32(26-4-2-1-3-25(26)31(43)46-32)20-7-13-24(14-8-20)45-30-16-10-22(42)18-28(30)34(38,39)40/h1-18H,41-42H2. The number of nitrogens with two attached hydrogens (primary N) is 2. The van der Waals surface area contributed by atoms with Crippen LogP contribution >= 0.6 is 0 Å². The first-order valence-electron chi connectivity index (χ1n) is 13.6. The van der Waals surface area contributed by atoms with Gasteiger partial charge in [0, 0.05) is 28.1 Å². The van der Waals surface area contributed by atoms with Crippen molar-refractivity contribution in [3.05, 3.63) is 143 Å². The second kappa shape index (κ2) is 11.1. The number of ether oxygens (including phenoxy) is 3. The van der Waals surface area contributed by atoms with Gasteiger partial charge in [-0.15, -0.1) is 0 Å². The number of nitrogen functional groups attached to an aromatic ring is 2. The Morgan fingerprint density at radius 3 is 1.46 bits per heavy atom. The second-order valence-corrected chi connectivity index (χ2v) is 10.4. The van der Waals surface area contributed by atoms with E-state index in [0.29, 0.717) is 16.7 Å². The summed E-state index contributed by atoms with van der Waals surface area (Å²) in [7, 11) is 0. The largest absolute Gasteiger partial charge is 0.457 e. The highest BCUT2D eigenvalue weighted by atomic mass is 19.4. The minimum atomic E-state index is -4.71. The van der Waals surface area contributed by atoms with E-state index in [2.05, 4.69) is 0 Å². The van der Waals surface area contributed by atoms with Crippen molar-refractivity contribution in [2.45, 2.75) is 18.0 Å². The summed E-state index contributed by atoms with van der Waals surface area (Å²) in [4.78, 5) is 13.1. The van der Waals surface area contributed by atoms with Gasteiger partial charge in [0.25, 0.3) is 0 Å². The summed E-state index contributed by atoms with van der Waals surface area (Å²) in [6.45, 7) is 0. The summed E-state index contributed by atoms with van der Waals surface area (Å²) in [6.07, 6.45) is -9.43. The van der Waals surface area contributed by atoms with Gasteiger partial charge in [0.1, 0.15) is 34.1 Å². The number of alkyl halides is 6. The highest BCUT2D eigenvalue weighted by Gasteiger charge is 2.48. The molecule has 4 N–H and O–H groups in total. The number of rotatable bonds is 6. The molecule has 0 saturated heterocycles. The van der Waals surface area contributed by atoms with E-state index in [9.17, 15) is 31.1 Å². The Kier molecular flexibility index (Phi) is 7.30. The number of benzene rings is 5.